The van der Waals surface area contributed by atoms with Crippen LogP contribution >= 0.6 is 0 Å². The van der Waals surface area contributed by atoms with Crippen LogP contribution in [0.5, 0.6) is 0 Å². The molecule has 1 heterocycles. The number of halogens is 2. The number of aromatic amines is 1. The number of nitrogens with two attached hydrogens (primary N) is 1. The van der Waals surface area contributed by atoms with Gasteiger partial charge in [-0.2, -0.15) is 0 Å². The predicted octanol–water partition coefficient (Wildman–Crippen LogP) is 3.73. The van der Waals surface area contributed by atoms with Gasteiger partial charge in [0.15, 0.2) is 0 Å². The van der Waals surface area contributed by atoms with Gasteiger partial charge >= 0.3 is 0 Å². The fourth-order valence-corrected chi connectivity index (χ4v) is 4.57. The molecule has 1 aliphatic carbocycles. The number of rotatable bonds is 6. The molecule has 34 heavy (non-hydrogen) atoms. The van der Waals surface area contributed by atoms with Crippen LogP contribution in [0.4, 0.5) is 8.78 Å². The van der Waals surface area contributed by atoms with Crippen molar-refractivity contribution in [1.29, 1.82) is 0 Å². The molecule has 1 saturated carbocycles. The van der Waals surface area contributed by atoms with E-state index in [1.54, 1.807) is 18.9 Å². The second-order valence-corrected chi connectivity index (χ2v) is 8.64. The Morgan fingerprint density at radius 2 is 1.91 bits per heavy atom. The molecule has 4 rings (SSSR count). The third kappa shape index (κ3) is 4.37. The Labute approximate surface area is 195 Å². The van der Waals surface area contributed by atoms with Gasteiger partial charge in [-0.1, -0.05) is 13.0 Å². The van der Waals surface area contributed by atoms with Crippen molar-refractivity contribution < 1.29 is 23.2 Å². The summed E-state index contributed by atoms with van der Waals surface area (Å²) in [6.45, 7) is 1.79. The molecule has 9 heteroatoms. The molecule has 0 unspecified atom stereocenters. The average molecular weight is 469 g/mol. The lowest BCUT2D eigenvalue weighted by Crippen LogP contribution is -2.38. The van der Waals surface area contributed by atoms with E-state index < -0.39 is 17.5 Å². The Kier molecular flexibility index (Phi) is 6.37. The van der Waals surface area contributed by atoms with E-state index in [1.807, 2.05) is 0 Å². The van der Waals surface area contributed by atoms with E-state index in [1.165, 1.54) is 30.5 Å². The van der Waals surface area contributed by atoms with Crippen LogP contribution in [-0.4, -0.2) is 46.7 Å². The normalized spacial score (nSPS) is 17.6. The number of carbonyl (C=O) groups excluding carboxylic acids is 3. The molecule has 2 aromatic carbocycles. The molecule has 3 aromatic rings. The second-order valence-electron chi connectivity index (χ2n) is 8.64. The fourth-order valence-electron chi connectivity index (χ4n) is 4.57. The number of hydrogen-bond acceptors (Lipinski definition) is 3. The molecular weight excluding hydrogens is 442 g/mol. The van der Waals surface area contributed by atoms with Gasteiger partial charge in [0.05, 0.1) is 11.1 Å². The largest absolute Gasteiger partial charge is 0.366 e. The predicted molar refractivity (Wildman–Crippen MR) is 124 cm³/mol. The number of carbonyl (C=O) groups is 3. The third-order valence-corrected chi connectivity index (χ3v) is 6.49. The zero-order valence-electron chi connectivity index (χ0n) is 19.0. The molecule has 1 aromatic heterocycles. The highest BCUT2D eigenvalue weighted by Gasteiger charge is 2.31. The summed E-state index contributed by atoms with van der Waals surface area (Å²) in [5, 5.41) is 3.21. The highest BCUT2D eigenvalue weighted by atomic mass is 19.1. The number of H-pyrrole nitrogens is 1. The van der Waals surface area contributed by atoms with Crippen molar-refractivity contribution in [2.24, 2.45) is 5.73 Å². The van der Waals surface area contributed by atoms with Crippen LogP contribution in [0.1, 0.15) is 53.3 Å². The maximum atomic E-state index is 15.1. The monoisotopic (exact) mass is 468 g/mol. The Bertz CT molecular complexity index is 1290. The summed E-state index contributed by atoms with van der Waals surface area (Å²) in [4.78, 5) is 40.5. The molecule has 0 aliphatic heterocycles. The Morgan fingerprint density at radius 1 is 1.15 bits per heavy atom. The van der Waals surface area contributed by atoms with Crippen LogP contribution in [0.2, 0.25) is 0 Å². The molecule has 1 fully saturated rings. The van der Waals surface area contributed by atoms with Crippen LogP contribution < -0.4 is 11.1 Å². The molecule has 0 spiro atoms. The molecule has 178 valence electrons. The standard InChI is InChI=1S/C25H26F2N4O3/c1-3-22(32)30-15-5-6-16(11-15)31(2)25(34)13-4-7-17(20(26)9-13)14-8-18-19(24(28)33)12-29-23(18)21(27)10-14/h4,7-10,12,15-16,29H,3,5-6,11H2,1-2H3,(H2,28,33)(H,30,32)/t15-,16+/m0/s1. The second kappa shape index (κ2) is 9.24. The minimum atomic E-state index is -0.726. The molecular formula is C25H26F2N4O3. The highest BCUT2D eigenvalue weighted by Crippen LogP contribution is 2.31. The maximum Gasteiger partial charge on any atom is 0.253 e. The number of fused-ring (bicyclic) bond motifs is 1. The Morgan fingerprint density at radius 3 is 2.59 bits per heavy atom. The summed E-state index contributed by atoms with van der Waals surface area (Å²) in [5.41, 5.74) is 6.05. The van der Waals surface area contributed by atoms with Crippen molar-refractivity contribution in [2.45, 2.75) is 44.7 Å². The van der Waals surface area contributed by atoms with E-state index >= 15 is 4.39 Å². The SMILES string of the molecule is CCC(=O)N[C@H]1CC[C@@H](N(C)C(=O)c2ccc(-c3cc(F)c4[nH]cc(C(N)=O)c4c3)c(F)c2)C1. The van der Waals surface area contributed by atoms with Crippen LogP contribution in [0.15, 0.2) is 36.5 Å². The summed E-state index contributed by atoms with van der Waals surface area (Å²) >= 11 is 0. The van der Waals surface area contributed by atoms with Crippen molar-refractivity contribution in [2.75, 3.05) is 7.05 Å². The first-order valence-corrected chi connectivity index (χ1v) is 11.2. The van der Waals surface area contributed by atoms with E-state index in [4.69, 9.17) is 5.73 Å². The average Bonchev–Trinajstić information content (AvgIpc) is 3.45. The molecule has 0 saturated heterocycles. The summed E-state index contributed by atoms with van der Waals surface area (Å²) in [6, 6.07) is 6.67. The molecule has 4 N–H and O–H groups in total. The number of hydrogen-bond donors (Lipinski definition) is 3. The summed E-state index contributed by atoms with van der Waals surface area (Å²) in [6.07, 6.45) is 3.89. The number of nitrogens with zero attached hydrogens (tertiary/aromatic N) is 1. The van der Waals surface area contributed by atoms with Crippen LogP contribution in [0.25, 0.3) is 22.0 Å². The third-order valence-electron chi connectivity index (χ3n) is 6.49. The van der Waals surface area contributed by atoms with E-state index in [0.717, 1.165) is 18.9 Å². The minimum Gasteiger partial charge on any atom is -0.366 e. The van der Waals surface area contributed by atoms with Crippen LogP contribution in [0, 0.1) is 11.6 Å². The molecule has 2 atom stereocenters. The van der Waals surface area contributed by atoms with Gasteiger partial charge in [-0.15, -0.1) is 0 Å². The number of aromatic nitrogens is 1. The fraction of sp³-hybridized carbons (Fsp3) is 0.320. The summed E-state index contributed by atoms with van der Waals surface area (Å²) in [7, 11) is 1.67. The first-order valence-electron chi connectivity index (χ1n) is 11.2. The van der Waals surface area contributed by atoms with Gasteiger partial charge in [0.25, 0.3) is 11.8 Å². The van der Waals surface area contributed by atoms with Crippen molar-refractivity contribution in [1.82, 2.24) is 15.2 Å². The quantitative estimate of drug-likeness (QED) is 0.513. The van der Waals surface area contributed by atoms with Crippen LogP contribution in [0.3, 0.4) is 0 Å². The molecule has 0 radical (unpaired) electrons. The van der Waals surface area contributed by atoms with Gasteiger partial charge in [0, 0.05) is 48.3 Å². The van der Waals surface area contributed by atoms with E-state index in [2.05, 4.69) is 10.3 Å². The smallest absolute Gasteiger partial charge is 0.253 e. The maximum absolute atomic E-state index is 15.1. The topological polar surface area (TPSA) is 108 Å². The Balaban J connectivity index is 1.56. The lowest BCUT2D eigenvalue weighted by molar-refractivity contribution is -0.121. The van der Waals surface area contributed by atoms with E-state index in [9.17, 15) is 18.8 Å². The first kappa shape index (κ1) is 23.4. The molecule has 0 bridgehead atoms. The summed E-state index contributed by atoms with van der Waals surface area (Å²) in [5.74, 6) is -2.41. The van der Waals surface area contributed by atoms with E-state index in [0.29, 0.717) is 12.8 Å². The summed E-state index contributed by atoms with van der Waals surface area (Å²) < 4.78 is 29.6. The lowest BCUT2D eigenvalue weighted by atomic mass is 9.99. The van der Waals surface area contributed by atoms with Gasteiger partial charge < -0.3 is 20.9 Å². The van der Waals surface area contributed by atoms with Gasteiger partial charge in [0.2, 0.25) is 5.91 Å². The number of amides is 3. The zero-order valence-corrected chi connectivity index (χ0v) is 19.0. The van der Waals surface area contributed by atoms with E-state index in [-0.39, 0.29) is 57.1 Å². The van der Waals surface area contributed by atoms with Gasteiger partial charge in [-0.3, -0.25) is 14.4 Å². The number of primary amides is 1. The minimum absolute atomic E-state index is 0.0190. The van der Waals surface area contributed by atoms with Crippen molar-refractivity contribution in [3.63, 3.8) is 0 Å². The van der Waals surface area contributed by atoms with Gasteiger partial charge in [-0.05, 0) is 49.1 Å². The number of nitrogens with one attached hydrogen (secondary N) is 2. The zero-order chi connectivity index (χ0) is 24.6. The van der Waals surface area contributed by atoms with Gasteiger partial charge in [0.1, 0.15) is 11.6 Å². The first-order chi connectivity index (χ1) is 16.2. The number of benzene rings is 2. The van der Waals surface area contributed by atoms with Crippen LogP contribution in [-0.2, 0) is 4.79 Å². The lowest BCUT2D eigenvalue weighted by Gasteiger charge is -2.25. The van der Waals surface area contributed by atoms with Crippen molar-refractivity contribution in [3.8, 4) is 11.1 Å². The molecule has 1 aliphatic rings. The highest BCUT2D eigenvalue weighted by molar-refractivity contribution is 6.07. The van der Waals surface area contributed by atoms with Crippen molar-refractivity contribution >= 4 is 28.6 Å². The molecule has 3 amide bonds. The van der Waals surface area contributed by atoms with Gasteiger partial charge in [-0.25, -0.2) is 8.78 Å². The van der Waals surface area contributed by atoms with Crippen molar-refractivity contribution in [3.05, 3.63) is 59.3 Å². The Hall–Kier alpha value is -3.75. The molecule has 7 nitrogen and oxygen atoms in total.